The molecule has 0 N–H and O–H groups in total. The molecule has 0 unspecified atom stereocenters. The van der Waals surface area contributed by atoms with Crippen molar-refractivity contribution in [2.45, 2.75) is 76.2 Å². The zero-order valence-corrected chi connectivity index (χ0v) is 29.8. The first kappa shape index (κ1) is 34.1. The maximum atomic E-state index is 13.7. The maximum Gasteiger partial charge on any atom is 0.340 e. The van der Waals surface area contributed by atoms with Crippen molar-refractivity contribution in [3.8, 4) is 0 Å². The molecule has 1 spiro atoms. The van der Waals surface area contributed by atoms with Crippen LogP contribution in [0.5, 0.6) is 0 Å². The molecule has 7 rings (SSSR count). The van der Waals surface area contributed by atoms with Gasteiger partial charge in [0, 0.05) is 90.7 Å². The van der Waals surface area contributed by atoms with E-state index in [-0.39, 0.29) is 17.2 Å². The molecule has 49 heavy (non-hydrogen) atoms. The van der Waals surface area contributed by atoms with Crippen LogP contribution >= 0.6 is 11.6 Å². The van der Waals surface area contributed by atoms with Crippen molar-refractivity contribution >= 4 is 34.7 Å². The smallest absolute Gasteiger partial charge is 0.340 e. The van der Waals surface area contributed by atoms with Crippen LogP contribution in [-0.4, -0.2) is 70.2 Å². The van der Waals surface area contributed by atoms with Gasteiger partial charge in [-0.3, -0.25) is 4.79 Å². The van der Waals surface area contributed by atoms with Gasteiger partial charge in [-0.15, -0.1) is 11.6 Å². The summed E-state index contributed by atoms with van der Waals surface area (Å²) in [5.74, 6) is 0.404. The Morgan fingerprint density at radius 3 is 1.88 bits per heavy atom. The Morgan fingerprint density at radius 1 is 0.714 bits per heavy atom. The Balaban J connectivity index is 1.12. The molecule has 4 aliphatic rings. The number of unbranched alkanes of at least 4 members (excludes halogenated alkanes) is 3. The zero-order chi connectivity index (χ0) is 34.0. The number of Topliss-reactive ketones (excluding diaryl/α,β-unsaturated/α-hetero) is 1. The van der Waals surface area contributed by atoms with Crippen molar-refractivity contribution < 1.29 is 23.8 Å². The second-order valence-electron chi connectivity index (χ2n) is 14.5. The summed E-state index contributed by atoms with van der Waals surface area (Å²) in [6, 6.07) is 18.8. The molecule has 0 radical (unpaired) electrons. The van der Waals surface area contributed by atoms with Crippen molar-refractivity contribution in [2.24, 2.45) is 0 Å². The van der Waals surface area contributed by atoms with Crippen LogP contribution in [0.4, 0.5) is 11.4 Å². The van der Waals surface area contributed by atoms with Gasteiger partial charge in [-0.1, -0.05) is 44.9 Å². The van der Waals surface area contributed by atoms with E-state index in [1.165, 1.54) is 24.2 Å². The minimum absolute atomic E-state index is 0.0342. The molecule has 3 aromatic carbocycles. The molecule has 7 nitrogen and oxygen atoms in total. The van der Waals surface area contributed by atoms with Gasteiger partial charge in [0.15, 0.2) is 11.4 Å². The number of hydrogen-bond donors (Lipinski definition) is 0. The number of carbonyl (C=O) groups is 2. The van der Waals surface area contributed by atoms with Gasteiger partial charge in [-0.05, 0) is 79.6 Å². The fourth-order valence-electron chi connectivity index (χ4n) is 7.83. The summed E-state index contributed by atoms with van der Waals surface area (Å²) >= 11 is 5.73. The fourth-order valence-corrected chi connectivity index (χ4v) is 8.02. The molecule has 260 valence electrons. The van der Waals surface area contributed by atoms with Crippen molar-refractivity contribution in [3.05, 3.63) is 93.5 Å². The highest BCUT2D eigenvalue weighted by Crippen LogP contribution is 2.57. The topological polar surface area (TPSA) is 68.3 Å². The first-order valence-electron chi connectivity index (χ1n) is 18.3. The van der Waals surface area contributed by atoms with Crippen LogP contribution in [0, 0.1) is 0 Å². The van der Waals surface area contributed by atoms with Crippen molar-refractivity contribution in [1.29, 1.82) is 0 Å². The van der Waals surface area contributed by atoms with Gasteiger partial charge in [0.05, 0.1) is 18.8 Å². The van der Waals surface area contributed by atoms with E-state index in [4.69, 9.17) is 25.8 Å². The fraction of sp³-hybridized carbons (Fsp3) is 0.512. The van der Waals surface area contributed by atoms with E-state index in [0.29, 0.717) is 43.8 Å². The number of alkyl halides is 1. The lowest BCUT2D eigenvalue weighted by molar-refractivity contribution is 0.0231. The predicted molar refractivity (Wildman–Crippen MR) is 195 cm³/mol. The Kier molecular flexibility index (Phi) is 10.1. The van der Waals surface area contributed by atoms with Gasteiger partial charge in [0.2, 0.25) is 0 Å². The summed E-state index contributed by atoms with van der Waals surface area (Å²) in [6.07, 6.45) is 7.75. The number of fused-ring (bicyclic) bond motifs is 6. The molecule has 0 atom stereocenters. The van der Waals surface area contributed by atoms with Crippen LogP contribution in [0.15, 0.2) is 54.6 Å². The van der Waals surface area contributed by atoms with Crippen LogP contribution in [-0.2, 0) is 25.2 Å². The number of rotatable bonds is 16. The number of ether oxygens (including phenoxy) is 3. The van der Waals surface area contributed by atoms with Gasteiger partial charge < -0.3 is 24.0 Å². The van der Waals surface area contributed by atoms with E-state index in [1.807, 2.05) is 6.07 Å². The monoisotopic (exact) mass is 684 g/mol. The maximum absolute atomic E-state index is 13.7. The van der Waals surface area contributed by atoms with Crippen LogP contribution in [0.2, 0.25) is 0 Å². The minimum atomic E-state index is -1.13. The summed E-state index contributed by atoms with van der Waals surface area (Å²) in [7, 11) is 0. The highest BCUT2D eigenvalue weighted by molar-refractivity contribution is 6.17. The molecule has 3 aliphatic heterocycles. The Morgan fingerprint density at radius 2 is 1.31 bits per heavy atom. The predicted octanol–water partition coefficient (Wildman–Crippen LogP) is 8.00. The molecule has 0 amide bonds. The molecule has 1 aliphatic carbocycles. The van der Waals surface area contributed by atoms with Gasteiger partial charge >= 0.3 is 5.97 Å². The van der Waals surface area contributed by atoms with E-state index < -0.39 is 5.60 Å². The number of ketones is 1. The standard InChI is InChI=1S/C41H49ClN2O5/c1-40(2)36-27-30(43-18-8-19-43)12-15-33(36)41(34-16-13-31(28-37(34)40)44-20-9-21-44)35-26-29(11-14-32(35)39(46)49-41)38(45)10-7-23-48-25-24-47-22-6-4-3-5-17-42/h11-16,26-28H,3-10,17-25H2,1-2H3. The molecule has 0 aromatic heterocycles. The SMILES string of the molecule is CC1(C)c2cc(N3CCC3)ccc2C2(OC(=O)c3ccc(C(=O)CCCOCCOCCCCCCCl)cc32)c2ccc(N3CCC3)cc21. The van der Waals surface area contributed by atoms with Gasteiger partial charge in [0.1, 0.15) is 0 Å². The van der Waals surface area contributed by atoms with Crippen molar-refractivity contribution in [2.75, 3.05) is 68.3 Å². The Hall–Kier alpha value is -3.39. The highest BCUT2D eigenvalue weighted by atomic mass is 35.5. The van der Waals surface area contributed by atoms with E-state index >= 15 is 0 Å². The van der Waals surface area contributed by atoms with Crippen molar-refractivity contribution in [1.82, 2.24) is 0 Å². The molecule has 8 heteroatoms. The molecule has 2 saturated heterocycles. The number of hydrogen-bond acceptors (Lipinski definition) is 7. The third-order valence-corrected chi connectivity index (χ3v) is 11.2. The van der Waals surface area contributed by atoms with Gasteiger partial charge in [-0.25, -0.2) is 4.79 Å². The Bertz CT molecular complexity index is 1630. The number of halogens is 1. The average molecular weight is 685 g/mol. The second kappa shape index (κ2) is 14.5. The number of esters is 1. The average Bonchev–Trinajstić information content (AvgIpc) is 3.34. The summed E-state index contributed by atoms with van der Waals surface area (Å²) in [6.45, 7) is 11.1. The molecular weight excluding hydrogens is 636 g/mol. The second-order valence-corrected chi connectivity index (χ2v) is 14.8. The van der Waals surface area contributed by atoms with E-state index in [2.05, 4.69) is 60.0 Å². The molecule has 0 bridgehead atoms. The summed E-state index contributed by atoms with van der Waals surface area (Å²) in [4.78, 5) is 32.1. The van der Waals surface area contributed by atoms with Gasteiger partial charge in [0.25, 0.3) is 0 Å². The largest absolute Gasteiger partial charge is 0.441 e. The van der Waals surface area contributed by atoms with Crippen LogP contribution in [0.1, 0.15) is 114 Å². The molecule has 3 aromatic rings. The summed E-state index contributed by atoms with van der Waals surface area (Å²) in [5, 5.41) is 0. The normalized spacial score (nSPS) is 18.0. The summed E-state index contributed by atoms with van der Waals surface area (Å²) in [5.41, 5.74) is 7.11. The third-order valence-electron chi connectivity index (χ3n) is 11.0. The first-order chi connectivity index (χ1) is 23.8. The molecular formula is C41H49ClN2O5. The lowest BCUT2D eigenvalue weighted by atomic mass is 9.61. The third kappa shape index (κ3) is 6.39. The van der Waals surface area contributed by atoms with Crippen LogP contribution < -0.4 is 9.80 Å². The lowest BCUT2D eigenvalue weighted by Crippen LogP contribution is -2.43. The number of carbonyl (C=O) groups excluding carboxylic acids is 2. The quantitative estimate of drug-likeness (QED) is 0.0656. The van der Waals surface area contributed by atoms with Crippen LogP contribution in [0.3, 0.4) is 0 Å². The molecule has 0 saturated carbocycles. The highest BCUT2D eigenvalue weighted by Gasteiger charge is 2.56. The Labute approximate surface area is 295 Å². The van der Waals surface area contributed by atoms with E-state index in [9.17, 15) is 9.59 Å². The molecule has 3 heterocycles. The zero-order valence-electron chi connectivity index (χ0n) is 29.0. The summed E-state index contributed by atoms with van der Waals surface area (Å²) < 4.78 is 18.0. The first-order valence-corrected chi connectivity index (χ1v) is 18.8. The minimum Gasteiger partial charge on any atom is -0.441 e. The number of anilines is 2. The van der Waals surface area contributed by atoms with Crippen molar-refractivity contribution in [3.63, 3.8) is 0 Å². The number of benzene rings is 3. The number of nitrogens with zero attached hydrogens (tertiary/aromatic N) is 2. The van der Waals surface area contributed by atoms with Crippen LogP contribution in [0.25, 0.3) is 0 Å². The lowest BCUT2D eigenvalue weighted by Gasteiger charge is -2.46. The van der Waals surface area contributed by atoms with E-state index in [0.717, 1.165) is 92.2 Å². The molecule has 2 fully saturated rings. The van der Waals surface area contributed by atoms with Gasteiger partial charge in [-0.2, -0.15) is 0 Å². The van der Waals surface area contributed by atoms with E-state index in [1.54, 1.807) is 12.1 Å².